The van der Waals surface area contributed by atoms with E-state index in [0.717, 1.165) is 25.3 Å². The highest BCUT2D eigenvalue weighted by molar-refractivity contribution is 5.78. The number of hydrogen-bond donors (Lipinski definition) is 1. The number of nitrogens with one attached hydrogen (secondary N) is 1. The first-order valence-electron chi connectivity index (χ1n) is 7.12. The Hall–Kier alpha value is -1.59. The number of para-hydroxylation sites is 1. The first kappa shape index (κ1) is 13.4. The van der Waals surface area contributed by atoms with E-state index in [-0.39, 0.29) is 12.0 Å². The number of nitrogens with zero attached hydrogens (tertiary/aromatic N) is 1. The number of morpholine rings is 1. The Kier molecular flexibility index (Phi) is 4.18. The smallest absolute Gasteiger partial charge is 0.234 e. The summed E-state index contributed by atoms with van der Waals surface area (Å²) in [6.45, 7) is 4.11. The van der Waals surface area contributed by atoms with Crippen molar-refractivity contribution in [2.75, 3.05) is 39.4 Å². The van der Waals surface area contributed by atoms with E-state index in [9.17, 15) is 4.79 Å². The maximum Gasteiger partial charge on any atom is 0.234 e. The number of amides is 1. The minimum Gasteiger partial charge on any atom is -0.488 e. The van der Waals surface area contributed by atoms with Crippen LogP contribution in [-0.4, -0.2) is 56.3 Å². The molecule has 1 amide bonds. The van der Waals surface area contributed by atoms with E-state index in [0.29, 0.717) is 26.3 Å². The molecule has 1 saturated heterocycles. The van der Waals surface area contributed by atoms with Gasteiger partial charge in [-0.25, -0.2) is 0 Å². The largest absolute Gasteiger partial charge is 0.488 e. The molecule has 2 heterocycles. The molecule has 1 unspecified atom stereocenters. The molecule has 2 aliphatic rings. The molecule has 0 aliphatic carbocycles. The maximum atomic E-state index is 11.9. The van der Waals surface area contributed by atoms with Gasteiger partial charge in [-0.15, -0.1) is 0 Å². The van der Waals surface area contributed by atoms with Crippen LogP contribution in [0.2, 0.25) is 0 Å². The number of rotatable bonds is 4. The molecule has 2 aliphatic heterocycles. The summed E-state index contributed by atoms with van der Waals surface area (Å²) in [6, 6.07) is 8.04. The lowest BCUT2D eigenvalue weighted by molar-refractivity contribution is -0.123. The highest BCUT2D eigenvalue weighted by Gasteiger charge is 2.23. The second-order valence-corrected chi connectivity index (χ2v) is 5.24. The van der Waals surface area contributed by atoms with E-state index >= 15 is 0 Å². The fraction of sp³-hybridized carbons (Fsp3) is 0.533. The third kappa shape index (κ3) is 3.29. The topological polar surface area (TPSA) is 50.8 Å². The molecule has 1 aromatic carbocycles. The number of carbonyl (C=O) groups excluding carboxylic acids is 1. The van der Waals surface area contributed by atoms with E-state index in [4.69, 9.17) is 9.47 Å². The predicted octanol–water partition coefficient (Wildman–Crippen LogP) is 0.439. The Morgan fingerprint density at radius 2 is 2.10 bits per heavy atom. The first-order valence-corrected chi connectivity index (χ1v) is 7.12. The van der Waals surface area contributed by atoms with E-state index < -0.39 is 0 Å². The molecule has 5 heteroatoms. The Labute approximate surface area is 118 Å². The average Bonchev–Trinajstić information content (AvgIpc) is 2.89. The summed E-state index contributed by atoms with van der Waals surface area (Å²) in [5.41, 5.74) is 1.22. The lowest BCUT2D eigenvalue weighted by atomic mass is 10.1. The van der Waals surface area contributed by atoms with Gasteiger partial charge in [-0.1, -0.05) is 18.2 Å². The fourth-order valence-corrected chi connectivity index (χ4v) is 2.61. The second-order valence-electron chi connectivity index (χ2n) is 5.24. The number of benzene rings is 1. The molecule has 1 aromatic rings. The van der Waals surface area contributed by atoms with Gasteiger partial charge in [0, 0.05) is 19.5 Å². The summed E-state index contributed by atoms with van der Waals surface area (Å²) in [5.74, 6) is 1.01. The van der Waals surface area contributed by atoms with Gasteiger partial charge < -0.3 is 14.8 Å². The van der Waals surface area contributed by atoms with Gasteiger partial charge in [0.15, 0.2) is 0 Å². The molecule has 0 bridgehead atoms. The van der Waals surface area contributed by atoms with Crippen molar-refractivity contribution in [1.82, 2.24) is 10.2 Å². The summed E-state index contributed by atoms with van der Waals surface area (Å²) in [5, 5.41) is 2.96. The molecule has 1 N–H and O–H groups in total. The fourth-order valence-electron chi connectivity index (χ4n) is 2.61. The van der Waals surface area contributed by atoms with Crippen molar-refractivity contribution in [1.29, 1.82) is 0 Å². The SMILES string of the molecule is O=C(CN1CCOCC1)NCC1Cc2ccccc2O1. The summed E-state index contributed by atoms with van der Waals surface area (Å²) in [6.07, 6.45) is 0.926. The van der Waals surface area contributed by atoms with Gasteiger partial charge in [0.05, 0.1) is 26.3 Å². The molecular weight excluding hydrogens is 256 g/mol. The van der Waals surface area contributed by atoms with Crippen molar-refractivity contribution in [2.45, 2.75) is 12.5 Å². The van der Waals surface area contributed by atoms with E-state index in [1.807, 2.05) is 18.2 Å². The molecule has 20 heavy (non-hydrogen) atoms. The van der Waals surface area contributed by atoms with Gasteiger partial charge in [-0.3, -0.25) is 9.69 Å². The van der Waals surface area contributed by atoms with Crippen molar-refractivity contribution < 1.29 is 14.3 Å². The van der Waals surface area contributed by atoms with Gasteiger partial charge >= 0.3 is 0 Å². The van der Waals surface area contributed by atoms with Crippen molar-refractivity contribution in [2.24, 2.45) is 0 Å². The third-order valence-corrected chi connectivity index (χ3v) is 3.71. The highest BCUT2D eigenvalue weighted by Crippen LogP contribution is 2.27. The van der Waals surface area contributed by atoms with E-state index in [2.05, 4.69) is 16.3 Å². The summed E-state index contributed by atoms with van der Waals surface area (Å²) in [4.78, 5) is 14.0. The second kappa shape index (κ2) is 6.24. The molecule has 5 nitrogen and oxygen atoms in total. The van der Waals surface area contributed by atoms with Crippen molar-refractivity contribution in [3.8, 4) is 5.75 Å². The average molecular weight is 276 g/mol. The standard InChI is InChI=1S/C15H20N2O3/c18-15(11-17-5-7-19-8-6-17)16-10-13-9-12-3-1-2-4-14(12)20-13/h1-4,13H,5-11H2,(H,16,18). The van der Waals surface area contributed by atoms with Crippen LogP contribution in [0, 0.1) is 0 Å². The molecule has 0 spiro atoms. The zero-order valence-electron chi connectivity index (χ0n) is 11.5. The highest BCUT2D eigenvalue weighted by atomic mass is 16.5. The Morgan fingerprint density at radius 3 is 2.90 bits per heavy atom. The number of fused-ring (bicyclic) bond motifs is 1. The lowest BCUT2D eigenvalue weighted by Crippen LogP contribution is -2.45. The van der Waals surface area contributed by atoms with Gasteiger partial charge in [0.1, 0.15) is 11.9 Å². The zero-order chi connectivity index (χ0) is 13.8. The van der Waals surface area contributed by atoms with Crippen molar-refractivity contribution in [3.05, 3.63) is 29.8 Å². The third-order valence-electron chi connectivity index (χ3n) is 3.71. The minimum absolute atomic E-state index is 0.0565. The summed E-state index contributed by atoms with van der Waals surface area (Å²) in [7, 11) is 0. The van der Waals surface area contributed by atoms with Crippen LogP contribution in [0.15, 0.2) is 24.3 Å². The van der Waals surface area contributed by atoms with Gasteiger partial charge in [-0.2, -0.15) is 0 Å². The molecule has 0 aromatic heterocycles. The summed E-state index contributed by atoms with van der Waals surface area (Å²) < 4.78 is 11.1. The van der Waals surface area contributed by atoms with E-state index in [1.54, 1.807) is 0 Å². The number of hydrogen-bond acceptors (Lipinski definition) is 4. The monoisotopic (exact) mass is 276 g/mol. The molecule has 3 rings (SSSR count). The normalized spacial score (nSPS) is 22.1. The van der Waals surface area contributed by atoms with Crippen LogP contribution in [0.25, 0.3) is 0 Å². The molecular formula is C15H20N2O3. The van der Waals surface area contributed by atoms with Gasteiger partial charge in [0.25, 0.3) is 0 Å². The maximum absolute atomic E-state index is 11.9. The quantitative estimate of drug-likeness (QED) is 0.867. The Bertz CT molecular complexity index is 447. The molecule has 1 fully saturated rings. The van der Waals surface area contributed by atoms with Crippen molar-refractivity contribution >= 4 is 5.91 Å². The van der Waals surface area contributed by atoms with Crippen LogP contribution in [0.4, 0.5) is 0 Å². The molecule has 108 valence electrons. The van der Waals surface area contributed by atoms with Crippen LogP contribution >= 0.6 is 0 Å². The molecule has 1 atom stereocenters. The van der Waals surface area contributed by atoms with Gasteiger partial charge in [-0.05, 0) is 11.6 Å². The van der Waals surface area contributed by atoms with Gasteiger partial charge in [0.2, 0.25) is 5.91 Å². The summed E-state index contributed by atoms with van der Waals surface area (Å²) >= 11 is 0. The number of carbonyl (C=O) groups is 1. The Morgan fingerprint density at radius 1 is 1.30 bits per heavy atom. The van der Waals surface area contributed by atoms with Crippen LogP contribution < -0.4 is 10.1 Å². The number of ether oxygens (including phenoxy) is 2. The van der Waals surface area contributed by atoms with Crippen LogP contribution in [0.1, 0.15) is 5.56 Å². The lowest BCUT2D eigenvalue weighted by Gasteiger charge is -2.26. The van der Waals surface area contributed by atoms with Crippen LogP contribution in [0.5, 0.6) is 5.75 Å². The first-order chi connectivity index (χ1) is 9.81. The molecule has 0 saturated carbocycles. The zero-order valence-corrected chi connectivity index (χ0v) is 11.5. The molecule has 0 radical (unpaired) electrons. The van der Waals surface area contributed by atoms with E-state index in [1.165, 1.54) is 5.56 Å². The van der Waals surface area contributed by atoms with Crippen LogP contribution in [-0.2, 0) is 16.0 Å². The predicted molar refractivity (Wildman–Crippen MR) is 74.8 cm³/mol. The minimum atomic E-state index is 0.0565. The Balaban J connectivity index is 1.41. The van der Waals surface area contributed by atoms with Crippen molar-refractivity contribution in [3.63, 3.8) is 0 Å². The van der Waals surface area contributed by atoms with Crippen LogP contribution in [0.3, 0.4) is 0 Å².